The second-order valence-corrected chi connectivity index (χ2v) is 4.66. The van der Waals surface area contributed by atoms with Crippen LogP contribution < -0.4 is 11.1 Å². The second-order valence-electron chi connectivity index (χ2n) is 4.66. The Morgan fingerprint density at radius 1 is 1.39 bits per heavy atom. The fourth-order valence-corrected chi connectivity index (χ4v) is 1.90. The minimum absolute atomic E-state index is 0.156. The number of halogens is 1. The van der Waals surface area contributed by atoms with E-state index in [-0.39, 0.29) is 11.7 Å². The highest BCUT2D eigenvalue weighted by molar-refractivity contribution is 5.81. The topological polar surface area (TPSA) is 55.1 Å². The quantitative estimate of drug-likeness (QED) is 0.844. The number of amides is 1. The zero-order valence-corrected chi connectivity index (χ0v) is 11.2. The van der Waals surface area contributed by atoms with Crippen LogP contribution in [-0.2, 0) is 11.3 Å². The Kier molecular flexibility index (Phi) is 5.28. The van der Waals surface area contributed by atoms with E-state index in [0.29, 0.717) is 24.1 Å². The molecule has 0 saturated carbocycles. The highest BCUT2D eigenvalue weighted by Gasteiger charge is 2.12. The molecule has 1 aromatic carbocycles. The van der Waals surface area contributed by atoms with Crippen LogP contribution in [0.15, 0.2) is 12.1 Å². The van der Waals surface area contributed by atoms with Gasteiger partial charge in [0.15, 0.2) is 0 Å². The van der Waals surface area contributed by atoms with E-state index in [9.17, 15) is 9.18 Å². The van der Waals surface area contributed by atoms with Gasteiger partial charge >= 0.3 is 0 Å². The molecule has 1 amide bonds. The lowest BCUT2D eigenvalue weighted by Gasteiger charge is -2.12. The van der Waals surface area contributed by atoms with Crippen LogP contribution in [0.3, 0.4) is 0 Å². The van der Waals surface area contributed by atoms with Crippen LogP contribution in [0.25, 0.3) is 0 Å². The van der Waals surface area contributed by atoms with Crippen LogP contribution in [-0.4, -0.2) is 11.9 Å². The predicted molar refractivity (Wildman–Crippen MR) is 70.6 cm³/mol. The summed E-state index contributed by atoms with van der Waals surface area (Å²) in [5, 5.41) is 2.77. The number of rotatable bonds is 5. The molecule has 4 heteroatoms. The van der Waals surface area contributed by atoms with Gasteiger partial charge in [0, 0.05) is 6.54 Å². The van der Waals surface area contributed by atoms with Crippen molar-refractivity contribution in [2.75, 3.05) is 0 Å². The van der Waals surface area contributed by atoms with Gasteiger partial charge in [-0.1, -0.05) is 25.5 Å². The van der Waals surface area contributed by atoms with E-state index in [2.05, 4.69) is 5.32 Å². The molecule has 0 fully saturated rings. The minimum atomic E-state index is -0.461. The Hall–Kier alpha value is -1.42. The summed E-state index contributed by atoms with van der Waals surface area (Å²) in [6.45, 7) is 5.81. The zero-order valence-electron chi connectivity index (χ0n) is 11.2. The van der Waals surface area contributed by atoms with Gasteiger partial charge in [-0.15, -0.1) is 0 Å². The van der Waals surface area contributed by atoms with Crippen molar-refractivity contribution in [2.24, 2.45) is 5.73 Å². The van der Waals surface area contributed by atoms with Gasteiger partial charge in [-0.3, -0.25) is 4.79 Å². The molecule has 0 aliphatic carbocycles. The number of carbonyl (C=O) groups is 1. The summed E-state index contributed by atoms with van der Waals surface area (Å²) in [5.74, 6) is -0.343. The molecule has 3 nitrogen and oxygen atoms in total. The first-order valence-corrected chi connectivity index (χ1v) is 6.24. The maximum atomic E-state index is 13.4. The van der Waals surface area contributed by atoms with Crippen molar-refractivity contribution < 1.29 is 9.18 Å². The maximum absolute atomic E-state index is 13.4. The number of nitrogens with two attached hydrogens (primary N) is 1. The van der Waals surface area contributed by atoms with Crippen LogP contribution in [0, 0.1) is 19.7 Å². The van der Waals surface area contributed by atoms with Gasteiger partial charge in [-0.05, 0) is 37.0 Å². The van der Waals surface area contributed by atoms with Gasteiger partial charge in [-0.2, -0.15) is 0 Å². The van der Waals surface area contributed by atoms with Crippen molar-refractivity contribution in [1.82, 2.24) is 5.32 Å². The lowest BCUT2D eigenvalue weighted by Crippen LogP contribution is -2.40. The monoisotopic (exact) mass is 252 g/mol. The van der Waals surface area contributed by atoms with E-state index < -0.39 is 6.04 Å². The molecule has 3 N–H and O–H groups in total. The van der Waals surface area contributed by atoms with Crippen LogP contribution in [0.4, 0.5) is 4.39 Å². The number of hydrogen-bond acceptors (Lipinski definition) is 2. The molecule has 0 aromatic heterocycles. The second kappa shape index (κ2) is 6.50. The van der Waals surface area contributed by atoms with E-state index in [4.69, 9.17) is 5.73 Å². The summed E-state index contributed by atoms with van der Waals surface area (Å²) < 4.78 is 13.4. The van der Waals surface area contributed by atoms with Gasteiger partial charge in [0.2, 0.25) is 5.91 Å². The predicted octanol–water partition coefficient (Wildman–Crippen LogP) is 2.19. The molecule has 0 heterocycles. The normalized spacial score (nSPS) is 12.3. The first-order valence-electron chi connectivity index (χ1n) is 6.24. The Labute approximate surface area is 108 Å². The average Bonchev–Trinajstić information content (AvgIpc) is 2.33. The summed E-state index contributed by atoms with van der Waals surface area (Å²) in [6, 6.07) is 3.03. The van der Waals surface area contributed by atoms with Crippen LogP contribution >= 0.6 is 0 Å². The third kappa shape index (κ3) is 3.81. The molecule has 0 aliphatic rings. The number of carbonyl (C=O) groups excluding carboxylic acids is 1. The molecule has 0 unspecified atom stereocenters. The number of hydrogen-bond donors (Lipinski definition) is 2. The molecular formula is C14H21FN2O. The van der Waals surface area contributed by atoms with Crippen LogP contribution in [0.5, 0.6) is 0 Å². The number of nitrogens with one attached hydrogen (secondary N) is 1. The Bertz CT molecular complexity index is 409. The highest BCUT2D eigenvalue weighted by atomic mass is 19.1. The van der Waals surface area contributed by atoms with Gasteiger partial charge in [0.1, 0.15) is 5.82 Å². The Balaban J connectivity index is 2.61. The molecule has 1 atom stereocenters. The van der Waals surface area contributed by atoms with Crippen molar-refractivity contribution in [3.63, 3.8) is 0 Å². The number of benzene rings is 1. The first-order chi connectivity index (χ1) is 8.45. The van der Waals surface area contributed by atoms with E-state index in [0.717, 1.165) is 12.0 Å². The largest absolute Gasteiger partial charge is 0.351 e. The van der Waals surface area contributed by atoms with Gasteiger partial charge in [-0.25, -0.2) is 4.39 Å². The Morgan fingerprint density at radius 2 is 1.94 bits per heavy atom. The van der Waals surface area contributed by atoms with E-state index in [1.54, 1.807) is 26.0 Å². The van der Waals surface area contributed by atoms with Gasteiger partial charge in [0.25, 0.3) is 0 Å². The van der Waals surface area contributed by atoms with Crippen LogP contribution in [0.1, 0.15) is 36.5 Å². The van der Waals surface area contributed by atoms with Crippen molar-refractivity contribution >= 4 is 5.91 Å². The van der Waals surface area contributed by atoms with Crippen molar-refractivity contribution in [3.8, 4) is 0 Å². The lowest BCUT2D eigenvalue weighted by atomic mass is 10.1. The van der Waals surface area contributed by atoms with E-state index in [1.165, 1.54) is 0 Å². The fraction of sp³-hybridized carbons (Fsp3) is 0.500. The minimum Gasteiger partial charge on any atom is -0.351 e. The SMILES string of the molecule is CCC[C@H](N)C(=O)NCc1cc(C)c(F)c(C)c1. The van der Waals surface area contributed by atoms with E-state index >= 15 is 0 Å². The smallest absolute Gasteiger partial charge is 0.237 e. The fourth-order valence-electron chi connectivity index (χ4n) is 1.90. The van der Waals surface area contributed by atoms with Crippen molar-refractivity contribution in [1.29, 1.82) is 0 Å². The summed E-state index contributed by atoms with van der Waals surface area (Å²) in [7, 11) is 0. The third-order valence-corrected chi connectivity index (χ3v) is 2.90. The van der Waals surface area contributed by atoms with Crippen LogP contribution in [0.2, 0.25) is 0 Å². The molecule has 0 radical (unpaired) electrons. The molecule has 0 bridgehead atoms. The molecule has 0 aliphatic heterocycles. The molecule has 100 valence electrons. The molecule has 0 spiro atoms. The summed E-state index contributed by atoms with van der Waals surface area (Å²) in [6.07, 6.45) is 1.55. The molecule has 1 aromatic rings. The third-order valence-electron chi connectivity index (χ3n) is 2.90. The Morgan fingerprint density at radius 3 is 2.44 bits per heavy atom. The molecule has 0 saturated heterocycles. The standard InChI is InChI=1S/C14H21FN2O/c1-4-5-12(16)14(18)17-8-11-6-9(2)13(15)10(3)7-11/h6-7,12H,4-5,8,16H2,1-3H3,(H,17,18)/t12-/m0/s1. The summed E-state index contributed by atoms with van der Waals surface area (Å²) in [5.41, 5.74) is 7.78. The lowest BCUT2D eigenvalue weighted by molar-refractivity contribution is -0.122. The first kappa shape index (κ1) is 14.6. The van der Waals surface area contributed by atoms with Gasteiger partial charge < -0.3 is 11.1 Å². The molecular weight excluding hydrogens is 231 g/mol. The zero-order chi connectivity index (χ0) is 13.7. The number of aryl methyl sites for hydroxylation is 2. The summed E-state index contributed by atoms with van der Waals surface area (Å²) in [4.78, 5) is 11.6. The highest BCUT2D eigenvalue weighted by Crippen LogP contribution is 2.14. The summed E-state index contributed by atoms with van der Waals surface area (Å²) >= 11 is 0. The van der Waals surface area contributed by atoms with Crippen molar-refractivity contribution in [2.45, 2.75) is 46.2 Å². The van der Waals surface area contributed by atoms with Gasteiger partial charge in [0.05, 0.1) is 6.04 Å². The average molecular weight is 252 g/mol. The molecule has 18 heavy (non-hydrogen) atoms. The maximum Gasteiger partial charge on any atom is 0.237 e. The van der Waals surface area contributed by atoms with E-state index in [1.807, 2.05) is 6.92 Å². The molecule has 1 rings (SSSR count). The van der Waals surface area contributed by atoms with Crippen molar-refractivity contribution in [3.05, 3.63) is 34.6 Å².